The summed E-state index contributed by atoms with van der Waals surface area (Å²) in [6, 6.07) is 9.83. The van der Waals surface area contributed by atoms with Crippen LogP contribution in [0.1, 0.15) is 38.2 Å². The van der Waals surface area contributed by atoms with Gasteiger partial charge in [0.2, 0.25) is 0 Å². The third-order valence-corrected chi connectivity index (χ3v) is 2.54. The summed E-state index contributed by atoms with van der Waals surface area (Å²) in [6.07, 6.45) is 4.57. The lowest BCUT2D eigenvalue weighted by Crippen LogP contribution is -3.03. The molecule has 15 heavy (non-hydrogen) atoms. The number of hydrogen-bond donors (Lipinski definition) is 1. The fraction of sp³-hybridized carbons (Fsp3) is 0.538. The number of nitrogens with one attached hydrogen (secondary N) is 1. The summed E-state index contributed by atoms with van der Waals surface area (Å²) in [4.78, 5) is 0. The molecule has 1 atom stereocenters. The van der Waals surface area contributed by atoms with Crippen molar-refractivity contribution in [3.05, 3.63) is 35.9 Å². The molecule has 1 nitrogen and oxygen atoms in total. The van der Waals surface area contributed by atoms with E-state index in [4.69, 9.17) is 0 Å². The van der Waals surface area contributed by atoms with Crippen LogP contribution in [0.4, 0.5) is 4.48 Å². The first-order chi connectivity index (χ1) is 7.33. The Labute approximate surface area is 91.8 Å². The van der Waals surface area contributed by atoms with Crippen molar-refractivity contribution in [1.29, 1.82) is 0 Å². The van der Waals surface area contributed by atoms with Gasteiger partial charge in [0, 0.05) is 5.56 Å². The second-order valence-electron chi connectivity index (χ2n) is 3.99. The highest BCUT2D eigenvalue weighted by Crippen LogP contribution is 1.98. The second-order valence-corrected chi connectivity index (χ2v) is 3.99. The van der Waals surface area contributed by atoms with Gasteiger partial charge >= 0.3 is 0 Å². The summed E-state index contributed by atoms with van der Waals surface area (Å²) >= 11 is 0. The maximum atomic E-state index is 13.4. The maximum Gasteiger partial charge on any atom is 0.138 e. The van der Waals surface area contributed by atoms with Gasteiger partial charge in [0.25, 0.3) is 0 Å². The Balaban J connectivity index is 2.16. The Morgan fingerprint density at radius 3 is 2.47 bits per heavy atom. The molecule has 0 aliphatic carbocycles. The van der Waals surface area contributed by atoms with E-state index in [1.165, 1.54) is 12.8 Å². The van der Waals surface area contributed by atoms with Crippen LogP contribution in [0.15, 0.2) is 30.3 Å². The van der Waals surface area contributed by atoms with Crippen molar-refractivity contribution in [3.8, 4) is 0 Å². The van der Waals surface area contributed by atoms with Crippen LogP contribution in [-0.4, -0.2) is 6.54 Å². The van der Waals surface area contributed by atoms with Crippen molar-refractivity contribution in [1.82, 2.24) is 0 Å². The monoisotopic (exact) mass is 210 g/mol. The van der Waals surface area contributed by atoms with Gasteiger partial charge in [-0.3, -0.25) is 0 Å². The molecule has 0 saturated carbocycles. The molecule has 0 radical (unpaired) electrons. The van der Waals surface area contributed by atoms with Gasteiger partial charge in [-0.25, -0.2) is 0 Å². The molecule has 0 aromatic heterocycles. The lowest BCUT2D eigenvalue weighted by atomic mass is 10.2. The SMILES string of the molecule is CCCCCC[NH+](F)Cc1ccccc1. The van der Waals surface area contributed by atoms with Crippen molar-refractivity contribution in [3.63, 3.8) is 0 Å². The van der Waals surface area contributed by atoms with E-state index in [0.29, 0.717) is 13.1 Å². The zero-order chi connectivity index (χ0) is 10.9. The summed E-state index contributed by atoms with van der Waals surface area (Å²) in [6.45, 7) is 3.30. The summed E-state index contributed by atoms with van der Waals surface area (Å²) in [5.41, 5.74) is 1.07. The molecule has 84 valence electrons. The van der Waals surface area contributed by atoms with E-state index in [1.54, 1.807) is 0 Å². The molecule has 0 saturated heterocycles. The van der Waals surface area contributed by atoms with Gasteiger partial charge in [-0.2, -0.15) is 0 Å². The lowest BCUT2D eigenvalue weighted by Gasteiger charge is -2.07. The molecule has 0 amide bonds. The van der Waals surface area contributed by atoms with Crippen LogP contribution < -0.4 is 5.12 Å². The van der Waals surface area contributed by atoms with E-state index in [1.807, 2.05) is 30.3 Å². The number of benzene rings is 1. The molecule has 0 fully saturated rings. The van der Waals surface area contributed by atoms with E-state index in [2.05, 4.69) is 6.92 Å². The van der Waals surface area contributed by atoms with Gasteiger partial charge < -0.3 is 0 Å². The molecular formula is C13H21FN+. The van der Waals surface area contributed by atoms with E-state index in [9.17, 15) is 4.48 Å². The van der Waals surface area contributed by atoms with Crippen molar-refractivity contribution >= 4 is 0 Å². The van der Waals surface area contributed by atoms with Crippen molar-refractivity contribution in [2.45, 2.75) is 39.2 Å². The van der Waals surface area contributed by atoms with Gasteiger partial charge in [-0.1, -0.05) is 50.1 Å². The highest BCUT2D eigenvalue weighted by atomic mass is 19.2. The minimum Gasteiger partial charge on any atom is -0.136 e. The van der Waals surface area contributed by atoms with Crippen molar-refractivity contribution < 1.29 is 9.60 Å². The first-order valence-electron chi connectivity index (χ1n) is 5.87. The summed E-state index contributed by atoms with van der Waals surface area (Å²) in [5, 5.41) is 0.123. The summed E-state index contributed by atoms with van der Waals surface area (Å²) in [7, 11) is 0. The van der Waals surface area contributed by atoms with Crippen LogP contribution in [0.2, 0.25) is 0 Å². The number of unbranched alkanes of at least 4 members (excludes halogenated alkanes) is 3. The van der Waals surface area contributed by atoms with Crippen molar-refractivity contribution in [2.75, 3.05) is 6.54 Å². The van der Waals surface area contributed by atoms with Crippen LogP contribution in [-0.2, 0) is 6.54 Å². The number of quaternary nitrogens is 1. The zero-order valence-corrected chi connectivity index (χ0v) is 9.51. The third-order valence-electron chi connectivity index (χ3n) is 2.54. The standard InChI is InChI=1S/C13H20FN/c1-2-3-4-8-11-15(14)12-13-9-6-5-7-10-13/h5-7,9-10H,2-4,8,11-12H2,1H3/p+1. The van der Waals surface area contributed by atoms with E-state index >= 15 is 0 Å². The third kappa shape index (κ3) is 5.53. The van der Waals surface area contributed by atoms with Crippen LogP contribution in [0.3, 0.4) is 0 Å². The fourth-order valence-corrected chi connectivity index (χ4v) is 1.65. The van der Waals surface area contributed by atoms with E-state index in [0.717, 1.165) is 18.4 Å². The van der Waals surface area contributed by atoms with Crippen LogP contribution in [0, 0.1) is 0 Å². The molecule has 1 aromatic carbocycles. The van der Waals surface area contributed by atoms with Gasteiger partial charge in [0.05, 0.1) is 0 Å². The second kappa shape index (κ2) is 7.41. The normalized spacial score (nSPS) is 12.7. The average Bonchev–Trinajstić information content (AvgIpc) is 2.26. The van der Waals surface area contributed by atoms with Crippen LogP contribution in [0.25, 0.3) is 0 Å². The molecule has 0 heterocycles. The summed E-state index contributed by atoms with van der Waals surface area (Å²) < 4.78 is 13.4. The fourth-order valence-electron chi connectivity index (χ4n) is 1.65. The van der Waals surface area contributed by atoms with Crippen LogP contribution >= 0.6 is 0 Å². The molecule has 2 heteroatoms. The lowest BCUT2D eigenvalue weighted by molar-refractivity contribution is -1.05. The summed E-state index contributed by atoms with van der Waals surface area (Å²) in [5.74, 6) is 0. The molecule has 1 aromatic rings. The predicted octanol–water partition coefficient (Wildman–Crippen LogP) is 2.54. The van der Waals surface area contributed by atoms with E-state index in [-0.39, 0.29) is 5.12 Å². The Hall–Kier alpha value is -0.890. The molecule has 0 aliphatic heterocycles. The molecule has 0 bridgehead atoms. The minimum absolute atomic E-state index is 0.123. The quantitative estimate of drug-likeness (QED) is 0.521. The highest BCUT2D eigenvalue weighted by molar-refractivity contribution is 5.12. The molecule has 0 aliphatic rings. The predicted molar refractivity (Wildman–Crippen MR) is 61.2 cm³/mol. The Morgan fingerprint density at radius 1 is 1.07 bits per heavy atom. The molecular weight excluding hydrogens is 189 g/mol. The molecule has 1 unspecified atom stereocenters. The molecule has 0 spiro atoms. The molecule has 1 rings (SSSR count). The average molecular weight is 210 g/mol. The van der Waals surface area contributed by atoms with Gasteiger partial charge in [-0.15, -0.1) is 5.12 Å². The first-order valence-corrected chi connectivity index (χ1v) is 5.87. The topological polar surface area (TPSA) is 4.44 Å². The zero-order valence-electron chi connectivity index (χ0n) is 9.51. The van der Waals surface area contributed by atoms with Gasteiger partial charge in [0.15, 0.2) is 0 Å². The minimum atomic E-state index is 0.123. The number of rotatable bonds is 7. The number of halogens is 1. The van der Waals surface area contributed by atoms with E-state index < -0.39 is 0 Å². The Kier molecular flexibility index (Phi) is 6.02. The van der Waals surface area contributed by atoms with Gasteiger partial charge in [0.1, 0.15) is 13.1 Å². The largest absolute Gasteiger partial charge is 0.138 e. The Bertz CT molecular complexity index is 248. The smallest absolute Gasteiger partial charge is 0.136 e. The van der Waals surface area contributed by atoms with Crippen molar-refractivity contribution in [2.24, 2.45) is 0 Å². The number of hydrogen-bond acceptors (Lipinski definition) is 0. The highest BCUT2D eigenvalue weighted by Gasteiger charge is 2.07. The Morgan fingerprint density at radius 2 is 1.80 bits per heavy atom. The first kappa shape index (κ1) is 12.2. The maximum absolute atomic E-state index is 13.4. The van der Waals surface area contributed by atoms with Gasteiger partial charge in [-0.05, 0) is 17.3 Å². The van der Waals surface area contributed by atoms with Crippen LogP contribution in [0.5, 0.6) is 0 Å². The molecule has 1 N–H and O–H groups in total.